The van der Waals surface area contributed by atoms with Crippen molar-refractivity contribution < 1.29 is 23.0 Å². The Morgan fingerprint density at radius 2 is 1.81 bits per heavy atom. The fourth-order valence-corrected chi connectivity index (χ4v) is 2.58. The minimum absolute atomic E-state index is 0.0172. The lowest BCUT2D eigenvalue weighted by atomic mass is 9.98. The van der Waals surface area contributed by atoms with E-state index in [2.05, 4.69) is 31.8 Å². The molecular weight excluding hydrogens is 427 g/mol. The van der Waals surface area contributed by atoms with Gasteiger partial charge in [0, 0.05) is 11.8 Å². The van der Waals surface area contributed by atoms with Crippen molar-refractivity contribution >= 4 is 23.2 Å². The molecule has 0 fully saturated rings. The first-order valence-electron chi connectivity index (χ1n) is 9.17. The molecule has 0 radical (unpaired) electrons. The summed E-state index contributed by atoms with van der Waals surface area (Å²) in [7, 11) is 1.09. The smallest absolute Gasteiger partial charge is 0.421 e. The van der Waals surface area contributed by atoms with E-state index in [1.165, 1.54) is 19.2 Å². The number of nitrogens with zero attached hydrogens (tertiary/aromatic N) is 4. The minimum Gasteiger partial charge on any atom is -0.481 e. The van der Waals surface area contributed by atoms with Crippen LogP contribution in [0.5, 0.6) is 5.88 Å². The van der Waals surface area contributed by atoms with E-state index in [4.69, 9.17) is 16.2 Å². The summed E-state index contributed by atoms with van der Waals surface area (Å²) in [6.45, 7) is 8.07. The lowest BCUT2D eigenvalue weighted by molar-refractivity contribution is -0.139. The van der Waals surface area contributed by atoms with Gasteiger partial charge >= 0.3 is 6.18 Å². The Balaban J connectivity index is 2.59. The van der Waals surface area contributed by atoms with Crippen molar-refractivity contribution in [1.82, 2.24) is 9.97 Å². The molecule has 0 aliphatic carbocycles. The van der Waals surface area contributed by atoms with Crippen LogP contribution in [0.3, 0.4) is 0 Å². The third kappa shape index (κ3) is 6.17. The average molecular weight is 451 g/mol. The predicted octanol–water partition coefficient (Wildman–Crippen LogP) is 3.03. The summed E-state index contributed by atoms with van der Waals surface area (Å²) in [4.78, 5) is 15.9. The van der Waals surface area contributed by atoms with Crippen molar-refractivity contribution in [2.75, 3.05) is 12.4 Å². The topological polar surface area (TPSA) is 144 Å². The Morgan fingerprint density at radius 1 is 1.16 bits per heavy atom. The van der Waals surface area contributed by atoms with Crippen molar-refractivity contribution in [3.8, 4) is 5.88 Å². The van der Waals surface area contributed by atoms with E-state index in [-0.39, 0.29) is 34.6 Å². The standard InChI is InChI=1S/C20H24F3N7O2/c1-10(24)28-11(2)29-16(25)14-6-12(19(3,4)31)8-26-17(14)30-13-7-15(20(21,22)23)18(32-5)27-9-13/h6-9,31H,1,24H2,2-5H3,(H,26,30)(H2,25,28,29). The van der Waals surface area contributed by atoms with Gasteiger partial charge in [0.25, 0.3) is 0 Å². The number of nitrogens with two attached hydrogens (primary N) is 2. The monoisotopic (exact) mass is 451 g/mol. The maximum Gasteiger partial charge on any atom is 0.421 e. The summed E-state index contributed by atoms with van der Waals surface area (Å²) in [6.07, 6.45) is -2.17. The van der Waals surface area contributed by atoms with E-state index in [0.29, 0.717) is 5.56 Å². The molecule has 0 aliphatic rings. The molecule has 2 aromatic rings. The second kappa shape index (κ2) is 9.22. The number of aliphatic hydroxyl groups is 1. The number of halogens is 3. The van der Waals surface area contributed by atoms with Crippen LogP contribution >= 0.6 is 0 Å². The van der Waals surface area contributed by atoms with Crippen LogP contribution in [0.25, 0.3) is 0 Å². The number of alkyl halides is 3. The first kappa shape index (κ1) is 24.6. The SMILES string of the molecule is C=C(N)N=C(C)N=C(N)c1cc(C(C)(C)O)cnc1Nc1cnc(OC)c(C(F)(F)F)c1. The van der Waals surface area contributed by atoms with Gasteiger partial charge in [-0.3, -0.25) is 0 Å². The summed E-state index contributed by atoms with van der Waals surface area (Å²) in [5.41, 5.74) is 9.81. The summed E-state index contributed by atoms with van der Waals surface area (Å²) in [5.74, 6) is -0.335. The zero-order valence-electron chi connectivity index (χ0n) is 17.9. The lowest BCUT2D eigenvalue weighted by Gasteiger charge is -2.20. The van der Waals surface area contributed by atoms with Crippen molar-refractivity contribution in [3.05, 3.63) is 53.6 Å². The Labute approximate surface area is 182 Å². The van der Waals surface area contributed by atoms with Gasteiger partial charge < -0.3 is 26.6 Å². The van der Waals surface area contributed by atoms with Crippen LogP contribution in [0.15, 0.2) is 46.9 Å². The number of aromatic nitrogens is 2. The van der Waals surface area contributed by atoms with Gasteiger partial charge in [0.15, 0.2) is 0 Å². The van der Waals surface area contributed by atoms with E-state index >= 15 is 0 Å². The molecule has 2 heterocycles. The largest absolute Gasteiger partial charge is 0.481 e. The highest BCUT2D eigenvalue weighted by atomic mass is 19.4. The van der Waals surface area contributed by atoms with Crippen LogP contribution in [-0.2, 0) is 11.8 Å². The molecule has 0 spiro atoms. The molecule has 2 aromatic heterocycles. The lowest BCUT2D eigenvalue weighted by Crippen LogP contribution is -2.22. The second-order valence-corrected chi connectivity index (χ2v) is 7.23. The second-order valence-electron chi connectivity index (χ2n) is 7.23. The van der Waals surface area contributed by atoms with Gasteiger partial charge in [-0.1, -0.05) is 6.58 Å². The van der Waals surface area contributed by atoms with Gasteiger partial charge in [-0.05, 0) is 32.9 Å². The fraction of sp³-hybridized carbons (Fsp3) is 0.300. The molecule has 0 saturated carbocycles. The van der Waals surface area contributed by atoms with E-state index in [9.17, 15) is 18.3 Å². The fourth-order valence-electron chi connectivity index (χ4n) is 2.58. The molecule has 12 heteroatoms. The summed E-state index contributed by atoms with van der Waals surface area (Å²) in [6, 6.07) is 2.35. The average Bonchev–Trinajstić information content (AvgIpc) is 2.65. The van der Waals surface area contributed by atoms with Gasteiger partial charge in [-0.15, -0.1) is 0 Å². The Morgan fingerprint density at radius 3 is 2.34 bits per heavy atom. The maximum atomic E-state index is 13.3. The van der Waals surface area contributed by atoms with E-state index in [1.54, 1.807) is 13.8 Å². The van der Waals surface area contributed by atoms with Crippen LogP contribution in [0.4, 0.5) is 24.7 Å². The van der Waals surface area contributed by atoms with Gasteiger partial charge in [0.2, 0.25) is 5.88 Å². The highest BCUT2D eigenvalue weighted by Crippen LogP contribution is 2.37. The summed E-state index contributed by atoms with van der Waals surface area (Å²) >= 11 is 0. The number of hydrogen-bond donors (Lipinski definition) is 4. The number of rotatable bonds is 6. The van der Waals surface area contributed by atoms with Crippen LogP contribution in [0.1, 0.15) is 37.5 Å². The van der Waals surface area contributed by atoms with Gasteiger partial charge in [0.1, 0.15) is 28.9 Å². The Hall–Kier alpha value is -3.67. The zero-order chi connectivity index (χ0) is 24.3. The van der Waals surface area contributed by atoms with Crippen molar-refractivity contribution in [2.24, 2.45) is 21.5 Å². The summed E-state index contributed by atoms with van der Waals surface area (Å²) in [5, 5.41) is 13.1. The van der Waals surface area contributed by atoms with Crippen LogP contribution < -0.4 is 21.5 Å². The number of hydrogen-bond acceptors (Lipinski definition) is 7. The van der Waals surface area contributed by atoms with Crippen LogP contribution in [-0.4, -0.2) is 33.9 Å². The molecule has 0 aliphatic heterocycles. The molecule has 0 amide bonds. The number of amidine groups is 2. The maximum absolute atomic E-state index is 13.3. The van der Waals surface area contributed by atoms with E-state index < -0.39 is 23.2 Å². The number of ether oxygens (including phenoxy) is 1. The molecule has 0 unspecified atom stereocenters. The zero-order valence-corrected chi connectivity index (χ0v) is 17.9. The van der Waals surface area contributed by atoms with Gasteiger partial charge in [-0.25, -0.2) is 20.0 Å². The van der Waals surface area contributed by atoms with Crippen molar-refractivity contribution in [2.45, 2.75) is 32.5 Å². The molecule has 0 aromatic carbocycles. The number of methoxy groups -OCH3 is 1. The van der Waals surface area contributed by atoms with Crippen molar-refractivity contribution in [1.29, 1.82) is 0 Å². The first-order valence-corrected chi connectivity index (χ1v) is 9.17. The number of pyridine rings is 2. The normalized spacial score (nSPS) is 13.1. The molecule has 9 nitrogen and oxygen atoms in total. The number of aliphatic imine (C=N–C) groups is 2. The number of anilines is 2. The molecular formula is C20H24F3N7O2. The van der Waals surface area contributed by atoms with Gasteiger partial charge in [0.05, 0.1) is 30.2 Å². The molecule has 0 atom stereocenters. The van der Waals surface area contributed by atoms with Gasteiger partial charge in [-0.2, -0.15) is 13.2 Å². The third-order valence-corrected chi connectivity index (χ3v) is 4.07. The summed E-state index contributed by atoms with van der Waals surface area (Å²) < 4.78 is 44.7. The molecule has 172 valence electrons. The molecule has 6 N–H and O–H groups in total. The van der Waals surface area contributed by atoms with Crippen LogP contribution in [0.2, 0.25) is 0 Å². The third-order valence-electron chi connectivity index (χ3n) is 4.07. The minimum atomic E-state index is -4.68. The molecule has 2 rings (SSSR count). The highest BCUT2D eigenvalue weighted by Gasteiger charge is 2.35. The first-order chi connectivity index (χ1) is 14.7. The predicted molar refractivity (Wildman–Crippen MR) is 116 cm³/mol. The molecule has 32 heavy (non-hydrogen) atoms. The molecule has 0 bridgehead atoms. The molecule has 0 saturated heterocycles. The van der Waals surface area contributed by atoms with Crippen molar-refractivity contribution in [3.63, 3.8) is 0 Å². The van der Waals surface area contributed by atoms with Crippen LogP contribution in [0, 0.1) is 0 Å². The van der Waals surface area contributed by atoms with E-state index in [0.717, 1.165) is 19.4 Å². The van der Waals surface area contributed by atoms with E-state index in [1.807, 2.05) is 0 Å². The Kier molecular flexibility index (Phi) is 7.09. The quantitative estimate of drug-likeness (QED) is 0.390. The number of nitrogens with one attached hydrogen (secondary N) is 1. The Bertz CT molecular complexity index is 1070. The highest BCUT2D eigenvalue weighted by molar-refractivity contribution is 6.08.